The van der Waals surface area contributed by atoms with E-state index in [0.29, 0.717) is 0 Å². The monoisotopic (exact) mass is 420 g/mol. The van der Waals surface area contributed by atoms with Gasteiger partial charge in [0.1, 0.15) is 22.6 Å². The number of methoxy groups -OCH3 is 1. The van der Waals surface area contributed by atoms with Gasteiger partial charge < -0.3 is 9.47 Å². The van der Waals surface area contributed by atoms with E-state index in [9.17, 15) is 26.0 Å². The Labute approximate surface area is 158 Å². The van der Waals surface area contributed by atoms with Gasteiger partial charge in [0.15, 0.2) is 0 Å². The summed E-state index contributed by atoms with van der Waals surface area (Å²) in [6.07, 6.45) is -4.01. The van der Waals surface area contributed by atoms with Crippen LogP contribution in [-0.2, 0) is 16.2 Å². The number of rotatable bonds is 5. The number of pyridine rings is 1. The second kappa shape index (κ2) is 7.55. The van der Waals surface area contributed by atoms with Crippen molar-refractivity contribution in [2.24, 2.45) is 0 Å². The van der Waals surface area contributed by atoms with Crippen molar-refractivity contribution in [1.82, 2.24) is 9.29 Å². The number of ether oxygens (including phenoxy) is 2. The quantitative estimate of drug-likeness (QED) is 0.696. The summed E-state index contributed by atoms with van der Waals surface area (Å²) in [5.74, 6) is -0.993. The highest BCUT2D eigenvalue weighted by atomic mass is 32.2. The normalized spacial score (nSPS) is 18.2. The molecule has 0 N–H and O–H groups in total. The maximum absolute atomic E-state index is 13.5. The van der Waals surface area contributed by atoms with E-state index in [-0.39, 0.29) is 36.0 Å². The van der Waals surface area contributed by atoms with Gasteiger partial charge >= 0.3 is 6.18 Å². The SMILES string of the molecule is COc1ccc(F)cc1S(=O)(=O)N1CCC(Oc2cc(C(F)(F)F)ccn2)C1. The third-order valence-corrected chi connectivity index (χ3v) is 6.09. The van der Waals surface area contributed by atoms with Crippen molar-refractivity contribution in [2.75, 3.05) is 20.2 Å². The number of benzene rings is 1. The lowest BCUT2D eigenvalue weighted by atomic mass is 10.2. The highest BCUT2D eigenvalue weighted by Gasteiger charge is 2.36. The zero-order valence-corrected chi connectivity index (χ0v) is 15.4. The topological polar surface area (TPSA) is 68.7 Å². The fourth-order valence-corrected chi connectivity index (χ4v) is 4.48. The van der Waals surface area contributed by atoms with Crippen molar-refractivity contribution in [1.29, 1.82) is 0 Å². The third-order valence-electron chi connectivity index (χ3n) is 4.20. The molecule has 11 heteroatoms. The van der Waals surface area contributed by atoms with Gasteiger partial charge in [-0.2, -0.15) is 17.5 Å². The molecule has 1 fully saturated rings. The van der Waals surface area contributed by atoms with Gasteiger partial charge in [-0.25, -0.2) is 17.8 Å². The number of sulfonamides is 1. The van der Waals surface area contributed by atoms with Crippen LogP contribution in [0.15, 0.2) is 41.4 Å². The highest BCUT2D eigenvalue weighted by molar-refractivity contribution is 7.89. The van der Waals surface area contributed by atoms with Gasteiger partial charge in [-0.05, 0) is 30.7 Å². The van der Waals surface area contributed by atoms with E-state index in [2.05, 4.69) is 4.98 Å². The predicted octanol–water partition coefficient (Wildman–Crippen LogP) is 3.09. The second-order valence-electron chi connectivity index (χ2n) is 6.07. The number of aromatic nitrogens is 1. The molecule has 1 aromatic heterocycles. The Morgan fingerprint density at radius 2 is 1.96 bits per heavy atom. The molecule has 0 spiro atoms. The Morgan fingerprint density at radius 3 is 2.64 bits per heavy atom. The molecule has 2 aromatic rings. The first-order valence-corrected chi connectivity index (χ1v) is 9.59. The molecule has 0 bridgehead atoms. The summed E-state index contributed by atoms with van der Waals surface area (Å²) in [5, 5.41) is 0. The summed E-state index contributed by atoms with van der Waals surface area (Å²) in [7, 11) is -2.81. The number of hydrogen-bond donors (Lipinski definition) is 0. The molecule has 1 saturated heterocycles. The average Bonchev–Trinajstić information content (AvgIpc) is 3.10. The fraction of sp³-hybridized carbons (Fsp3) is 0.353. The first-order valence-electron chi connectivity index (χ1n) is 8.15. The molecule has 1 aromatic carbocycles. The number of halogens is 4. The summed E-state index contributed by atoms with van der Waals surface area (Å²) in [5.41, 5.74) is -0.913. The maximum atomic E-state index is 13.5. The van der Waals surface area contributed by atoms with Gasteiger partial charge in [-0.1, -0.05) is 0 Å². The second-order valence-corrected chi connectivity index (χ2v) is 7.97. The van der Waals surface area contributed by atoms with Crippen molar-refractivity contribution in [3.63, 3.8) is 0 Å². The molecule has 0 saturated carbocycles. The first-order chi connectivity index (χ1) is 13.1. The van der Waals surface area contributed by atoms with Crippen molar-refractivity contribution in [2.45, 2.75) is 23.6 Å². The number of nitrogens with zero attached hydrogens (tertiary/aromatic N) is 2. The average molecular weight is 420 g/mol. The molecule has 1 aliphatic heterocycles. The molecule has 0 amide bonds. The molecule has 1 atom stereocenters. The summed E-state index contributed by atoms with van der Waals surface area (Å²) < 4.78 is 89.0. The van der Waals surface area contributed by atoms with Crippen LogP contribution >= 0.6 is 0 Å². The van der Waals surface area contributed by atoms with Crippen LogP contribution < -0.4 is 9.47 Å². The number of alkyl halides is 3. The summed E-state index contributed by atoms with van der Waals surface area (Å²) in [4.78, 5) is 3.41. The van der Waals surface area contributed by atoms with Crippen molar-refractivity contribution >= 4 is 10.0 Å². The molecule has 1 aliphatic rings. The lowest BCUT2D eigenvalue weighted by Gasteiger charge is -2.19. The van der Waals surface area contributed by atoms with Gasteiger partial charge in [0.25, 0.3) is 0 Å². The molecule has 6 nitrogen and oxygen atoms in total. The minimum Gasteiger partial charge on any atom is -0.495 e. The Bertz CT molecular complexity index is 966. The van der Waals surface area contributed by atoms with E-state index in [4.69, 9.17) is 9.47 Å². The Morgan fingerprint density at radius 1 is 1.21 bits per heavy atom. The molecule has 0 aliphatic carbocycles. The maximum Gasteiger partial charge on any atom is 0.416 e. The molecule has 0 radical (unpaired) electrons. The van der Waals surface area contributed by atoms with E-state index in [1.807, 2.05) is 0 Å². The molecule has 2 heterocycles. The van der Waals surface area contributed by atoms with Crippen LogP contribution in [0.3, 0.4) is 0 Å². The van der Waals surface area contributed by atoms with Crippen molar-refractivity contribution in [3.05, 3.63) is 47.9 Å². The van der Waals surface area contributed by atoms with Crippen LogP contribution in [0.25, 0.3) is 0 Å². The zero-order chi connectivity index (χ0) is 20.5. The lowest BCUT2D eigenvalue weighted by Crippen LogP contribution is -2.31. The van der Waals surface area contributed by atoms with E-state index in [1.54, 1.807) is 0 Å². The van der Waals surface area contributed by atoms with Gasteiger partial charge in [0, 0.05) is 18.8 Å². The van der Waals surface area contributed by atoms with Gasteiger partial charge in [0.2, 0.25) is 15.9 Å². The zero-order valence-electron chi connectivity index (χ0n) is 14.6. The Hall–Kier alpha value is -2.40. The third kappa shape index (κ3) is 4.20. The predicted molar refractivity (Wildman–Crippen MR) is 90.0 cm³/mol. The van der Waals surface area contributed by atoms with Crippen LogP contribution in [0.1, 0.15) is 12.0 Å². The molecular weight excluding hydrogens is 404 g/mol. The molecule has 152 valence electrons. The van der Waals surface area contributed by atoms with Crippen molar-refractivity contribution < 1.29 is 35.5 Å². The van der Waals surface area contributed by atoms with Crippen LogP contribution in [-0.4, -0.2) is 44.0 Å². The summed E-state index contributed by atoms with van der Waals surface area (Å²) >= 11 is 0. The minimum atomic E-state index is -4.54. The smallest absolute Gasteiger partial charge is 0.416 e. The van der Waals surface area contributed by atoms with Gasteiger partial charge in [-0.15, -0.1) is 0 Å². The summed E-state index contributed by atoms with van der Waals surface area (Å²) in [6, 6.07) is 4.71. The fourth-order valence-electron chi connectivity index (χ4n) is 2.82. The largest absolute Gasteiger partial charge is 0.495 e. The van der Waals surface area contributed by atoms with E-state index < -0.39 is 33.7 Å². The van der Waals surface area contributed by atoms with Crippen LogP contribution in [0.5, 0.6) is 11.6 Å². The molecule has 3 rings (SSSR count). The minimum absolute atomic E-state index is 0.00897. The Kier molecular flexibility index (Phi) is 5.48. The van der Waals surface area contributed by atoms with Crippen LogP contribution in [0, 0.1) is 5.82 Å². The lowest BCUT2D eigenvalue weighted by molar-refractivity contribution is -0.137. The molecule has 28 heavy (non-hydrogen) atoms. The molecule has 1 unspecified atom stereocenters. The van der Waals surface area contributed by atoms with Crippen molar-refractivity contribution in [3.8, 4) is 11.6 Å². The van der Waals surface area contributed by atoms with E-state index in [0.717, 1.165) is 34.8 Å². The summed E-state index contributed by atoms with van der Waals surface area (Å²) in [6.45, 7) is -0.0500. The van der Waals surface area contributed by atoms with Gasteiger partial charge in [0.05, 0.1) is 19.2 Å². The number of hydrogen-bond acceptors (Lipinski definition) is 5. The van der Waals surface area contributed by atoms with E-state index in [1.165, 1.54) is 13.2 Å². The first kappa shape index (κ1) is 20.3. The van der Waals surface area contributed by atoms with Crippen LogP contribution in [0.2, 0.25) is 0 Å². The van der Waals surface area contributed by atoms with Gasteiger partial charge in [-0.3, -0.25) is 0 Å². The Balaban J connectivity index is 1.76. The molecular formula is C17H16F4N2O4S. The standard InChI is InChI=1S/C17H16F4N2O4S/c1-26-14-3-2-12(18)9-15(14)28(24,25)23-7-5-13(10-23)27-16-8-11(4-6-22-16)17(19,20)21/h2-4,6,8-9,13H,5,7,10H2,1H3. The van der Waals surface area contributed by atoms with E-state index >= 15 is 0 Å². The van der Waals surface area contributed by atoms with Crippen LogP contribution in [0.4, 0.5) is 17.6 Å². The highest BCUT2D eigenvalue weighted by Crippen LogP contribution is 2.32.